The molecule has 2 aliphatic rings. The highest BCUT2D eigenvalue weighted by molar-refractivity contribution is 4.70. The molecular weight excluding hydrogens is 214 g/mol. The second-order valence-corrected chi connectivity index (χ2v) is 5.36. The molecular formula is C14H27NO2. The summed E-state index contributed by atoms with van der Waals surface area (Å²) in [5.74, 6) is 0.960. The molecule has 100 valence electrons. The van der Waals surface area contributed by atoms with Crippen molar-refractivity contribution in [3.63, 3.8) is 0 Å². The van der Waals surface area contributed by atoms with Gasteiger partial charge in [0.2, 0.25) is 0 Å². The number of likely N-dealkylation sites (tertiary alicyclic amines) is 1. The minimum absolute atomic E-state index is 0.0639. The standard InChI is InChI=1S/C14H27NO2/c1-2-13-5-3-8-15(9-6-13)10-7-14-16-11-4-12-17-14/h13-14H,2-12H2,1H3. The topological polar surface area (TPSA) is 21.7 Å². The lowest BCUT2D eigenvalue weighted by Crippen LogP contribution is -2.32. The fourth-order valence-electron chi connectivity index (χ4n) is 2.85. The van der Waals surface area contributed by atoms with E-state index in [1.165, 1.54) is 38.8 Å². The molecule has 0 saturated carbocycles. The minimum Gasteiger partial charge on any atom is -0.353 e. The van der Waals surface area contributed by atoms with Crippen molar-refractivity contribution in [3.8, 4) is 0 Å². The Hall–Kier alpha value is -0.120. The van der Waals surface area contributed by atoms with E-state index in [4.69, 9.17) is 9.47 Å². The Bertz CT molecular complexity index is 204. The van der Waals surface area contributed by atoms with Gasteiger partial charge in [-0.05, 0) is 44.7 Å². The molecule has 2 heterocycles. The minimum atomic E-state index is 0.0639. The predicted molar refractivity (Wildman–Crippen MR) is 69.0 cm³/mol. The maximum Gasteiger partial charge on any atom is 0.158 e. The van der Waals surface area contributed by atoms with Crippen LogP contribution in [0.4, 0.5) is 0 Å². The number of ether oxygens (including phenoxy) is 2. The van der Waals surface area contributed by atoms with E-state index in [0.717, 1.165) is 38.5 Å². The van der Waals surface area contributed by atoms with Crippen molar-refractivity contribution in [1.82, 2.24) is 4.90 Å². The Morgan fingerprint density at radius 2 is 1.88 bits per heavy atom. The SMILES string of the molecule is CCC1CCCN(CCC2OCCCO2)CC1. The van der Waals surface area contributed by atoms with Crippen LogP contribution >= 0.6 is 0 Å². The fourth-order valence-corrected chi connectivity index (χ4v) is 2.85. The van der Waals surface area contributed by atoms with Crippen molar-refractivity contribution < 1.29 is 9.47 Å². The fraction of sp³-hybridized carbons (Fsp3) is 1.00. The lowest BCUT2D eigenvalue weighted by atomic mass is 9.98. The predicted octanol–water partition coefficient (Wildman–Crippen LogP) is 2.65. The monoisotopic (exact) mass is 241 g/mol. The third-order valence-corrected chi connectivity index (χ3v) is 4.09. The Morgan fingerprint density at radius 3 is 2.65 bits per heavy atom. The van der Waals surface area contributed by atoms with Crippen molar-refractivity contribution in [2.24, 2.45) is 5.92 Å². The number of hydrogen-bond donors (Lipinski definition) is 0. The van der Waals surface area contributed by atoms with Crippen molar-refractivity contribution in [1.29, 1.82) is 0 Å². The van der Waals surface area contributed by atoms with Gasteiger partial charge in [-0.15, -0.1) is 0 Å². The maximum atomic E-state index is 5.59. The lowest BCUT2D eigenvalue weighted by molar-refractivity contribution is -0.182. The van der Waals surface area contributed by atoms with E-state index in [9.17, 15) is 0 Å². The summed E-state index contributed by atoms with van der Waals surface area (Å²) < 4.78 is 11.2. The van der Waals surface area contributed by atoms with Gasteiger partial charge in [0, 0.05) is 13.0 Å². The first-order valence-corrected chi connectivity index (χ1v) is 7.34. The van der Waals surface area contributed by atoms with Crippen molar-refractivity contribution in [3.05, 3.63) is 0 Å². The highest BCUT2D eigenvalue weighted by Crippen LogP contribution is 2.20. The molecule has 0 aromatic rings. The summed E-state index contributed by atoms with van der Waals surface area (Å²) in [5.41, 5.74) is 0. The summed E-state index contributed by atoms with van der Waals surface area (Å²) in [7, 11) is 0. The second-order valence-electron chi connectivity index (χ2n) is 5.36. The molecule has 3 heteroatoms. The summed E-state index contributed by atoms with van der Waals surface area (Å²) in [6.45, 7) is 7.75. The van der Waals surface area contributed by atoms with Crippen LogP contribution < -0.4 is 0 Å². The van der Waals surface area contributed by atoms with Gasteiger partial charge in [-0.2, -0.15) is 0 Å². The largest absolute Gasteiger partial charge is 0.353 e. The van der Waals surface area contributed by atoms with Crippen LogP contribution in [-0.2, 0) is 9.47 Å². The van der Waals surface area contributed by atoms with E-state index >= 15 is 0 Å². The summed E-state index contributed by atoms with van der Waals surface area (Å²) in [5, 5.41) is 0. The maximum absolute atomic E-state index is 5.59. The molecule has 2 aliphatic heterocycles. The molecule has 0 amide bonds. The quantitative estimate of drug-likeness (QED) is 0.755. The number of hydrogen-bond acceptors (Lipinski definition) is 3. The summed E-state index contributed by atoms with van der Waals surface area (Å²) >= 11 is 0. The van der Waals surface area contributed by atoms with Gasteiger partial charge in [-0.3, -0.25) is 0 Å². The van der Waals surface area contributed by atoms with Gasteiger partial charge in [0.15, 0.2) is 6.29 Å². The lowest BCUT2D eigenvalue weighted by Gasteiger charge is -2.26. The molecule has 2 rings (SSSR count). The third-order valence-electron chi connectivity index (χ3n) is 4.09. The van der Waals surface area contributed by atoms with Crippen LogP contribution in [0.1, 0.15) is 45.4 Å². The van der Waals surface area contributed by atoms with E-state index in [-0.39, 0.29) is 6.29 Å². The molecule has 17 heavy (non-hydrogen) atoms. The van der Waals surface area contributed by atoms with Crippen LogP contribution in [0, 0.1) is 5.92 Å². The average Bonchev–Trinajstić information content (AvgIpc) is 2.62. The number of nitrogens with zero attached hydrogens (tertiary/aromatic N) is 1. The van der Waals surface area contributed by atoms with Gasteiger partial charge < -0.3 is 14.4 Å². The van der Waals surface area contributed by atoms with Gasteiger partial charge in [0.25, 0.3) is 0 Å². The first kappa shape index (κ1) is 13.3. The molecule has 2 fully saturated rings. The van der Waals surface area contributed by atoms with Gasteiger partial charge in [0.05, 0.1) is 13.2 Å². The normalized spacial score (nSPS) is 29.1. The Balaban J connectivity index is 1.64. The van der Waals surface area contributed by atoms with Gasteiger partial charge >= 0.3 is 0 Å². The number of rotatable bonds is 4. The molecule has 0 radical (unpaired) electrons. The molecule has 2 saturated heterocycles. The van der Waals surface area contributed by atoms with Gasteiger partial charge in [-0.25, -0.2) is 0 Å². The van der Waals surface area contributed by atoms with Crippen molar-refractivity contribution in [2.75, 3.05) is 32.8 Å². The van der Waals surface area contributed by atoms with E-state index < -0.39 is 0 Å². The van der Waals surface area contributed by atoms with Crippen LogP contribution in [0.25, 0.3) is 0 Å². The summed E-state index contributed by atoms with van der Waals surface area (Å²) in [4.78, 5) is 2.59. The van der Waals surface area contributed by atoms with E-state index in [2.05, 4.69) is 11.8 Å². The van der Waals surface area contributed by atoms with E-state index in [1.807, 2.05) is 0 Å². The Kier molecular flexibility index (Phi) is 5.75. The van der Waals surface area contributed by atoms with Gasteiger partial charge in [0.1, 0.15) is 0 Å². The average molecular weight is 241 g/mol. The highest BCUT2D eigenvalue weighted by Gasteiger charge is 2.18. The van der Waals surface area contributed by atoms with Crippen molar-refractivity contribution >= 4 is 0 Å². The Labute approximate surface area is 105 Å². The molecule has 0 aromatic heterocycles. The zero-order chi connectivity index (χ0) is 11.9. The summed E-state index contributed by atoms with van der Waals surface area (Å²) in [6, 6.07) is 0. The second kappa shape index (κ2) is 7.34. The first-order valence-electron chi connectivity index (χ1n) is 7.34. The molecule has 1 unspecified atom stereocenters. The molecule has 0 aromatic carbocycles. The Morgan fingerprint density at radius 1 is 1.06 bits per heavy atom. The van der Waals surface area contributed by atoms with Gasteiger partial charge in [-0.1, -0.05) is 13.3 Å². The molecule has 0 spiro atoms. The van der Waals surface area contributed by atoms with Crippen LogP contribution in [-0.4, -0.2) is 44.0 Å². The highest BCUT2D eigenvalue weighted by atomic mass is 16.7. The zero-order valence-corrected chi connectivity index (χ0v) is 11.2. The first-order chi connectivity index (χ1) is 8.38. The molecule has 0 aliphatic carbocycles. The third kappa shape index (κ3) is 4.57. The molecule has 3 nitrogen and oxygen atoms in total. The van der Waals surface area contributed by atoms with Crippen LogP contribution in [0.5, 0.6) is 0 Å². The van der Waals surface area contributed by atoms with Crippen LogP contribution in [0.3, 0.4) is 0 Å². The molecule has 0 bridgehead atoms. The molecule has 1 atom stereocenters. The van der Waals surface area contributed by atoms with Crippen molar-refractivity contribution in [2.45, 2.75) is 51.7 Å². The smallest absolute Gasteiger partial charge is 0.158 e. The van der Waals surface area contributed by atoms with E-state index in [0.29, 0.717) is 0 Å². The van der Waals surface area contributed by atoms with Crippen LogP contribution in [0.15, 0.2) is 0 Å². The zero-order valence-electron chi connectivity index (χ0n) is 11.2. The van der Waals surface area contributed by atoms with Crippen LogP contribution in [0.2, 0.25) is 0 Å². The summed E-state index contributed by atoms with van der Waals surface area (Å²) in [6.07, 6.45) is 7.67. The molecule has 0 N–H and O–H groups in total. The van der Waals surface area contributed by atoms with E-state index in [1.54, 1.807) is 0 Å².